The largest absolute Gasteiger partial charge is 0.381 e. The number of halogens is 1. The molecule has 0 radical (unpaired) electrons. The van der Waals surface area contributed by atoms with Crippen molar-refractivity contribution in [2.24, 2.45) is 5.92 Å². The van der Waals surface area contributed by atoms with Crippen LogP contribution in [0.5, 0.6) is 0 Å². The zero-order valence-corrected chi connectivity index (χ0v) is 11.4. The Morgan fingerprint density at radius 3 is 3.15 bits per heavy atom. The fourth-order valence-electron chi connectivity index (χ4n) is 2.07. The van der Waals surface area contributed by atoms with Crippen LogP contribution in [-0.4, -0.2) is 38.9 Å². The van der Waals surface area contributed by atoms with Crippen LogP contribution in [0.2, 0.25) is 0 Å². The van der Waals surface area contributed by atoms with Crippen molar-refractivity contribution in [2.75, 3.05) is 33.0 Å². The van der Waals surface area contributed by atoms with Crippen molar-refractivity contribution in [3.05, 3.63) is 35.6 Å². The Hall–Kier alpha value is -1.46. The predicted octanol–water partition coefficient (Wildman–Crippen LogP) is 2.00. The number of nitrogens with one attached hydrogen (secondary N) is 1. The first-order valence-corrected chi connectivity index (χ1v) is 6.95. The number of carbonyl (C=O) groups excluding carboxylic acids is 1. The molecule has 1 aromatic rings. The van der Waals surface area contributed by atoms with Gasteiger partial charge >= 0.3 is 0 Å². The van der Waals surface area contributed by atoms with Crippen LogP contribution in [0.1, 0.15) is 23.2 Å². The molecule has 1 atom stereocenters. The van der Waals surface area contributed by atoms with E-state index < -0.39 is 5.82 Å². The minimum Gasteiger partial charge on any atom is -0.381 e. The Kier molecular flexibility index (Phi) is 5.95. The Labute approximate surface area is 118 Å². The van der Waals surface area contributed by atoms with Crippen molar-refractivity contribution in [1.29, 1.82) is 0 Å². The lowest BCUT2D eigenvalue weighted by molar-refractivity contribution is 0.0853. The highest BCUT2D eigenvalue weighted by molar-refractivity contribution is 5.94. The van der Waals surface area contributed by atoms with Crippen LogP contribution in [0.4, 0.5) is 4.39 Å². The molecule has 0 spiro atoms. The molecule has 1 amide bonds. The molecule has 1 fully saturated rings. The number of amides is 1. The molecule has 110 valence electrons. The molecule has 0 bridgehead atoms. The smallest absolute Gasteiger partial charge is 0.251 e. The highest BCUT2D eigenvalue weighted by Crippen LogP contribution is 2.12. The van der Waals surface area contributed by atoms with E-state index in [0.717, 1.165) is 32.7 Å². The second-order valence-corrected chi connectivity index (χ2v) is 4.92. The Morgan fingerprint density at radius 1 is 1.50 bits per heavy atom. The first-order chi connectivity index (χ1) is 9.75. The lowest BCUT2D eigenvalue weighted by Gasteiger charge is -2.09. The van der Waals surface area contributed by atoms with Gasteiger partial charge in [-0.1, -0.05) is 6.07 Å². The van der Waals surface area contributed by atoms with E-state index in [2.05, 4.69) is 5.32 Å². The number of hydrogen-bond donors (Lipinski definition) is 1. The quantitative estimate of drug-likeness (QED) is 0.778. The van der Waals surface area contributed by atoms with Gasteiger partial charge in [-0.2, -0.15) is 0 Å². The third-order valence-corrected chi connectivity index (χ3v) is 3.22. The SMILES string of the molecule is O=C(NCCCOCC1CCOC1)c1cccc(F)c1. The summed E-state index contributed by atoms with van der Waals surface area (Å²) in [6.45, 7) is 3.47. The lowest BCUT2D eigenvalue weighted by atomic mass is 10.1. The van der Waals surface area contributed by atoms with Gasteiger partial charge in [0.2, 0.25) is 0 Å². The number of rotatable bonds is 7. The van der Waals surface area contributed by atoms with Gasteiger partial charge in [0, 0.05) is 31.2 Å². The summed E-state index contributed by atoms with van der Waals surface area (Å²) in [7, 11) is 0. The minimum absolute atomic E-state index is 0.256. The zero-order chi connectivity index (χ0) is 14.2. The molecule has 1 unspecified atom stereocenters. The third-order valence-electron chi connectivity index (χ3n) is 3.22. The standard InChI is InChI=1S/C15H20FNO3/c16-14-4-1-3-13(9-14)15(18)17-6-2-7-19-10-12-5-8-20-11-12/h1,3-4,9,12H,2,5-8,10-11H2,(H,17,18). The number of hydrogen-bond acceptors (Lipinski definition) is 3. The van der Waals surface area contributed by atoms with Crippen LogP contribution in [-0.2, 0) is 9.47 Å². The normalized spacial score (nSPS) is 18.1. The van der Waals surface area contributed by atoms with E-state index in [-0.39, 0.29) is 5.91 Å². The topological polar surface area (TPSA) is 47.6 Å². The monoisotopic (exact) mass is 281 g/mol. The molecule has 0 aliphatic carbocycles. The van der Waals surface area contributed by atoms with Gasteiger partial charge in [-0.3, -0.25) is 4.79 Å². The minimum atomic E-state index is -0.403. The fraction of sp³-hybridized carbons (Fsp3) is 0.533. The van der Waals surface area contributed by atoms with Crippen LogP contribution in [0.25, 0.3) is 0 Å². The molecule has 0 aromatic heterocycles. The molecule has 1 saturated heterocycles. The lowest BCUT2D eigenvalue weighted by Crippen LogP contribution is -2.25. The molecule has 1 aliphatic heterocycles. The van der Waals surface area contributed by atoms with Crippen molar-refractivity contribution in [3.8, 4) is 0 Å². The Morgan fingerprint density at radius 2 is 2.40 bits per heavy atom. The van der Waals surface area contributed by atoms with Gasteiger partial charge in [0.25, 0.3) is 5.91 Å². The van der Waals surface area contributed by atoms with E-state index in [1.165, 1.54) is 18.2 Å². The van der Waals surface area contributed by atoms with Gasteiger partial charge in [-0.25, -0.2) is 4.39 Å². The van der Waals surface area contributed by atoms with E-state index in [4.69, 9.17) is 9.47 Å². The first-order valence-electron chi connectivity index (χ1n) is 6.95. The summed E-state index contributed by atoms with van der Waals surface area (Å²) in [6, 6.07) is 5.66. The molecule has 1 aliphatic rings. The summed E-state index contributed by atoms with van der Waals surface area (Å²) in [5, 5.41) is 2.74. The van der Waals surface area contributed by atoms with E-state index in [9.17, 15) is 9.18 Å². The van der Waals surface area contributed by atoms with Gasteiger partial charge in [0.1, 0.15) is 5.82 Å². The second kappa shape index (κ2) is 7.97. The summed E-state index contributed by atoms with van der Waals surface area (Å²) in [4.78, 5) is 11.7. The third kappa shape index (κ3) is 4.90. The Balaban J connectivity index is 1.55. The van der Waals surface area contributed by atoms with Crippen LogP contribution in [0.15, 0.2) is 24.3 Å². The van der Waals surface area contributed by atoms with Gasteiger partial charge in [-0.05, 0) is 31.0 Å². The molecular weight excluding hydrogens is 261 g/mol. The highest BCUT2D eigenvalue weighted by atomic mass is 19.1. The van der Waals surface area contributed by atoms with Crippen molar-refractivity contribution in [2.45, 2.75) is 12.8 Å². The summed E-state index contributed by atoms with van der Waals surface area (Å²) < 4.78 is 23.7. The van der Waals surface area contributed by atoms with Crippen molar-refractivity contribution in [3.63, 3.8) is 0 Å². The Bertz CT molecular complexity index is 433. The molecule has 4 nitrogen and oxygen atoms in total. The maximum Gasteiger partial charge on any atom is 0.251 e. The molecule has 1 N–H and O–H groups in total. The van der Waals surface area contributed by atoms with Crippen LogP contribution >= 0.6 is 0 Å². The number of benzene rings is 1. The summed E-state index contributed by atoms with van der Waals surface area (Å²) in [5.41, 5.74) is 0.342. The van der Waals surface area contributed by atoms with Gasteiger partial charge < -0.3 is 14.8 Å². The summed E-state index contributed by atoms with van der Waals surface area (Å²) in [5.74, 6) is -0.148. The van der Waals surface area contributed by atoms with Gasteiger partial charge in [0.15, 0.2) is 0 Å². The van der Waals surface area contributed by atoms with E-state index in [1.54, 1.807) is 6.07 Å². The molecule has 2 rings (SSSR count). The first kappa shape index (κ1) is 14.9. The van der Waals surface area contributed by atoms with Crippen molar-refractivity contribution >= 4 is 5.91 Å². The van der Waals surface area contributed by atoms with Crippen LogP contribution in [0, 0.1) is 11.7 Å². The zero-order valence-electron chi connectivity index (χ0n) is 11.4. The number of carbonyl (C=O) groups is 1. The fourth-order valence-corrected chi connectivity index (χ4v) is 2.07. The molecule has 20 heavy (non-hydrogen) atoms. The summed E-state index contributed by atoms with van der Waals surface area (Å²) >= 11 is 0. The van der Waals surface area contributed by atoms with E-state index in [1.807, 2.05) is 0 Å². The van der Waals surface area contributed by atoms with Gasteiger partial charge in [-0.15, -0.1) is 0 Å². The molecular formula is C15H20FNO3. The summed E-state index contributed by atoms with van der Waals surface area (Å²) in [6.07, 6.45) is 1.81. The molecule has 0 saturated carbocycles. The maximum atomic E-state index is 13.0. The van der Waals surface area contributed by atoms with E-state index >= 15 is 0 Å². The predicted molar refractivity (Wildman–Crippen MR) is 73.1 cm³/mol. The van der Waals surface area contributed by atoms with Crippen LogP contribution < -0.4 is 5.32 Å². The van der Waals surface area contributed by atoms with Crippen molar-refractivity contribution in [1.82, 2.24) is 5.32 Å². The average Bonchev–Trinajstić information content (AvgIpc) is 2.95. The number of ether oxygens (including phenoxy) is 2. The van der Waals surface area contributed by atoms with E-state index in [0.29, 0.717) is 24.6 Å². The average molecular weight is 281 g/mol. The molecule has 1 aromatic carbocycles. The van der Waals surface area contributed by atoms with Gasteiger partial charge in [0.05, 0.1) is 13.2 Å². The second-order valence-electron chi connectivity index (χ2n) is 4.92. The molecule has 1 heterocycles. The highest BCUT2D eigenvalue weighted by Gasteiger charge is 2.15. The molecule has 5 heteroatoms. The van der Waals surface area contributed by atoms with Crippen molar-refractivity contribution < 1.29 is 18.7 Å². The van der Waals surface area contributed by atoms with Crippen LogP contribution in [0.3, 0.4) is 0 Å². The maximum absolute atomic E-state index is 13.0.